The van der Waals surface area contributed by atoms with Crippen LogP contribution >= 0.6 is 0 Å². The molecule has 1 aromatic carbocycles. The zero-order valence-corrected chi connectivity index (χ0v) is 11.9. The van der Waals surface area contributed by atoms with Crippen LogP contribution in [0.5, 0.6) is 0 Å². The van der Waals surface area contributed by atoms with E-state index >= 15 is 0 Å². The maximum absolute atomic E-state index is 14.1. The highest BCUT2D eigenvalue weighted by Gasteiger charge is 2.27. The first kappa shape index (κ1) is 13.9. The van der Waals surface area contributed by atoms with E-state index in [-0.39, 0.29) is 17.2 Å². The SMILES string of the molecule is COC1CCc2nc3c(F)cc(C)cc3c(C(=O)O)c2C1. The van der Waals surface area contributed by atoms with Gasteiger partial charge in [0.1, 0.15) is 11.3 Å². The van der Waals surface area contributed by atoms with Crippen molar-refractivity contribution >= 4 is 16.9 Å². The van der Waals surface area contributed by atoms with Crippen molar-refractivity contribution in [2.75, 3.05) is 7.11 Å². The molecule has 0 aliphatic heterocycles. The highest BCUT2D eigenvalue weighted by Crippen LogP contribution is 2.31. The Balaban J connectivity index is 2.35. The molecule has 0 radical (unpaired) electrons. The van der Waals surface area contributed by atoms with Crippen LogP contribution in [-0.2, 0) is 17.6 Å². The largest absolute Gasteiger partial charge is 0.478 e. The number of carbonyl (C=O) groups is 1. The number of fused-ring (bicyclic) bond motifs is 2. The van der Waals surface area contributed by atoms with Gasteiger partial charge in [-0.2, -0.15) is 0 Å². The second-order valence-corrected chi connectivity index (χ2v) is 5.46. The Morgan fingerprint density at radius 1 is 1.48 bits per heavy atom. The molecule has 1 aliphatic rings. The van der Waals surface area contributed by atoms with Crippen LogP contribution in [0.25, 0.3) is 10.9 Å². The average molecular weight is 289 g/mol. The molecule has 4 nitrogen and oxygen atoms in total. The third kappa shape index (κ3) is 2.27. The minimum Gasteiger partial charge on any atom is -0.478 e. The van der Waals surface area contributed by atoms with Gasteiger partial charge in [-0.3, -0.25) is 0 Å². The van der Waals surface area contributed by atoms with Gasteiger partial charge in [-0.15, -0.1) is 0 Å². The summed E-state index contributed by atoms with van der Waals surface area (Å²) in [6.07, 6.45) is 1.88. The number of hydrogen-bond acceptors (Lipinski definition) is 3. The number of halogens is 1. The fraction of sp³-hybridized carbons (Fsp3) is 0.375. The molecular weight excluding hydrogens is 273 g/mol. The first-order valence-electron chi connectivity index (χ1n) is 6.89. The molecule has 0 saturated heterocycles. The van der Waals surface area contributed by atoms with Crippen LogP contribution < -0.4 is 0 Å². The van der Waals surface area contributed by atoms with Crippen LogP contribution in [0.2, 0.25) is 0 Å². The van der Waals surface area contributed by atoms with Crippen LogP contribution in [0.1, 0.15) is 33.6 Å². The molecule has 3 rings (SSSR count). The van der Waals surface area contributed by atoms with Gasteiger partial charge in [-0.05, 0) is 43.0 Å². The van der Waals surface area contributed by atoms with Crippen molar-refractivity contribution in [2.45, 2.75) is 32.3 Å². The van der Waals surface area contributed by atoms with Crippen molar-refractivity contribution in [3.8, 4) is 0 Å². The number of carboxylic acids is 1. The number of methoxy groups -OCH3 is 1. The Morgan fingerprint density at radius 3 is 2.90 bits per heavy atom. The number of rotatable bonds is 2. The van der Waals surface area contributed by atoms with E-state index in [0.29, 0.717) is 35.0 Å². The van der Waals surface area contributed by atoms with Crippen LogP contribution in [0.4, 0.5) is 4.39 Å². The summed E-state index contributed by atoms with van der Waals surface area (Å²) in [5.41, 5.74) is 2.35. The summed E-state index contributed by atoms with van der Waals surface area (Å²) in [6.45, 7) is 1.74. The van der Waals surface area contributed by atoms with Gasteiger partial charge in [0.25, 0.3) is 0 Å². The van der Waals surface area contributed by atoms with Crippen molar-refractivity contribution < 1.29 is 19.0 Å². The van der Waals surface area contributed by atoms with Crippen LogP contribution in [0.3, 0.4) is 0 Å². The molecule has 1 N–H and O–H groups in total. The monoisotopic (exact) mass is 289 g/mol. The van der Waals surface area contributed by atoms with Gasteiger partial charge >= 0.3 is 5.97 Å². The van der Waals surface area contributed by atoms with E-state index in [4.69, 9.17) is 4.74 Å². The van der Waals surface area contributed by atoms with Crippen molar-refractivity contribution in [1.29, 1.82) is 0 Å². The highest BCUT2D eigenvalue weighted by atomic mass is 19.1. The molecule has 21 heavy (non-hydrogen) atoms. The number of carboxylic acid groups (broad SMARTS) is 1. The smallest absolute Gasteiger partial charge is 0.336 e. The molecule has 1 atom stereocenters. The van der Waals surface area contributed by atoms with Gasteiger partial charge in [-0.25, -0.2) is 14.2 Å². The number of hydrogen-bond donors (Lipinski definition) is 1. The number of pyridine rings is 1. The topological polar surface area (TPSA) is 59.4 Å². The molecule has 110 valence electrons. The lowest BCUT2D eigenvalue weighted by atomic mass is 9.88. The van der Waals surface area contributed by atoms with Crippen molar-refractivity contribution in [3.63, 3.8) is 0 Å². The summed E-state index contributed by atoms with van der Waals surface area (Å²) in [5, 5.41) is 9.96. The van der Waals surface area contributed by atoms with Gasteiger partial charge in [-0.1, -0.05) is 0 Å². The van der Waals surface area contributed by atoms with E-state index in [2.05, 4.69) is 4.98 Å². The first-order valence-corrected chi connectivity index (χ1v) is 6.89. The Bertz CT molecular complexity index is 742. The first-order chi connectivity index (χ1) is 10.0. The van der Waals surface area contributed by atoms with Gasteiger partial charge in [0.2, 0.25) is 0 Å². The van der Waals surface area contributed by atoms with E-state index < -0.39 is 11.8 Å². The van der Waals surface area contributed by atoms with Gasteiger partial charge in [0.15, 0.2) is 0 Å². The molecular formula is C16H16FNO3. The third-order valence-corrected chi connectivity index (χ3v) is 4.06. The number of aromatic carboxylic acids is 1. The normalized spacial score (nSPS) is 17.8. The molecule has 1 aromatic heterocycles. The Hall–Kier alpha value is -2.01. The van der Waals surface area contributed by atoms with Crippen LogP contribution in [-0.4, -0.2) is 29.3 Å². The highest BCUT2D eigenvalue weighted by molar-refractivity contribution is 6.04. The van der Waals surface area contributed by atoms with Gasteiger partial charge in [0, 0.05) is 24.6 Å². The number of benzene rings is 1. The molecule has 2 aromatic rings. The number of aromatic nitrogens is 1. The maximum Gasteiger partial charge on any atom is 0.336 e. The lowest BCUT2D eigenvalue weighted by Crippen LogP contribution is -2.25. The van der Waals surface area contributed by atoms with E-state index in [1.807, 2.05) is 0 Å². The molecule has 0 fully saturated rings. The summed E-state index contributed by atoms with van der Waals surface area (Å²) >= 11 is 0. The van der Waals surface area contributed by atoms with Crippen molar-refractivity contribution in [3.05, 3.63) is 40.3 Å². The van der Waals surface area contributed by atoms with Crippen LogP contribution in [0.15, 0.2) is 12.1 Å². The summed E-state index contributed by atoms with van der Waals surface area (Å²) in [7, 11) is 1.62. The molecule has 0 bridgehead atoms. The van der Waals surface area contributed by atoms with E-state index in [1.165, 1.54) is 6.07 Å². The molecule has 1 heterocycles. The predicted octanol–water partition coefficient (Wildman–Crippen LogP) is 2.88. The molecule has 5 heteroatoms. The van der Waals surface area contributed by atoms with Gasteiger partial charge < -0.3 is 9.84 Å². The lowest BCUT2D eigenvalue weighted by Gasteiger charge is -2.25. The van der Waals surface area contributed by atoms with E-state index in [0.717, 1.165) is 6.42 Å². The molecule has 0 saturated carbocycles. The Labute approximate surface area is 121 Å². The molecule has 0 spiro atoms. The second-order valence-electron chi connectivity index (χ2n) is 5.46. The summed E-state index contributed by atoms with van der Waals surface area (Å²) in [5.74, 6) is -1.51. The maximum atomic E-state index is 14.1. The van der Waals surface area contributed by atoms with Gasteiger partial charge in [0.05, 0.1) is 11.7 Å². The molecule has 1 aliphatic carbocycles. The lowest BCUT2D eigenvalue weighted by molar-refractivity contribution is 0.0690. The Morgan fingerprint density at radius 2 is 2.24 bits per heavy atom. The molecule has 1 unspecified atom stereocenters. The fourth-order valence-corrected chi connectivity index (χ4v) is 3.05. The minimum absolute atomic E-state index is 0.00972. The zero-order valence-electron chi connectivity index (χ0n) is 11.9. The number of ether oxygens (including phenoxy) is 1. The quantitative estimate of drug-likeness (QED) is 0.923. The van der Waals surface area contributed by atoms with E-state index in [1.54, 1.807) is 20.1 Å². The average Bonchev–Trinajstić information content (AvgIpc) is 2.44. The number of nitrogens with zero attached hydrogens (tertiary/aromatic N) is 1. The summed E-state index contributed by atoms with van der Waals surface area (Å²) < 4.78 is 19.5. The molecule has 0 amide bonds. The van der Waals surface area contributed by atoms with Crippen LogP contribution in [0, 0.1) is 12.7 Å². The predicted molar refractivity (Wildman–Crippen MR) is 76.2 cm³/mol. The second kappa shape index (κ2) is 5.07. The van der Waals surface area contributed by atoms with E-state index in [9.17, 15) is 14.3 Å². The Kier molecular flexibility index (Phi) is 3.37. The van der Waals surface area contributed by atoms with Crippen molar-refractivity contribution in [1.82, 2.24) is 4.98 Å². The number of aryl methyl sites for hydroxylation is 2. The minimum atomic E-state index is -1.04. The third-order valence-electron chi connectivity index (χ3n) is 4.06. The fourth-order valence-electron chi connectivity index (χ4n) is 3.05. The zero-order chi connectivity index (χ0) is 15.1. The summed E-state index contributed by atoms with van der Waals surface area (Å²) in [6, 6.07) is 3.07. The standard InChI is InChI=1S/C16H16FNO3/c1-8-5-11-14(16(19)20)10-7-9(21-2)3-4-13(10)18-15(11)12(17)6-8/h5-6,9H,3-4,7H2,1-2H3,(H,19,20). The summed E-state index contributed by atoms with van der Waals surface area (Å²) in [4.78, 5) is 16.1. The van der Waals surface area contributed by atoms with Crippen molar-refractivity contribution in [2.24, 2.45) is 0 Å².